The second kappa shape index (κ2) is 6.90. The van der Waals surface area contributed by atoms with Gasteiger partial charge in [-0.05, 0) is 19.1 Å². The minimum Gasteiger partial charge on any atom is -0.461 e. The third-order valence-electron chi connectivity index (χ3n) is 3.40. The molecule has 124 valence electrons. The van der Waals surface area contributed by atoms with Crippen molar-refractivity contribution < 1.29 is 14.3 Å². The van der Waals surface area contributed by atoms with Gasteiger partial charge in [0.1, 0.15) is 18.1 Å². The number of benzene rings is 1. The number of nitrogens with one attached hydrogen (secondary N) is 2. The molecule has 1 atom stereocenters. The molecule has 1 aliphatic rings. The topological polar surface area (TPSA) is 113 Å². The first-order valence-corrected chi connectivity index (χ1v) is 7.44. The van der Waals surface area contributed by atoms with E-state index in [2.05, 4.69) is 25.6 Å². The number of carbonyl (C=O) groups excluding carboxylic acids is 2. The Kier molecular flexibility index (Phi) is 4.50. The van der Waals surface area contributed by atoms with Crippen molar-refractivity contribution in [3.63, 3.8) is 0 Å². The Morgan fingerprint density at radius 3 is 2.83 bits per heavy atom. The molecule has 2 N–H and O–H groups in total. The molecule has 0 fully saturated rings. The van der Waals surface area contributed by atoms with Crippen molar-refractivity contribution in [1.82, 2.24) is 15.2 Å². The predicted octanol–water partition coefficient (Wildman–Crippen LogP) is 0.941. The molecule has 9 heteroatoms. The molecule has 9 nitrogen and oxygen atoms in total. The Bertz CT molecular complexity index is 744. The minimum atomic E-state index is -0.683. The van der Waals surface area contributed by atoms with Crippen LogP contribution in [0.4, 0.5) is 11.6 Å². The van der Waals surface area contributed by atoms with Crippen LogP contribution < -0.4 is 10.3 Å². The van der Waals surface area contributed by atoms with Gasteiger partial charge in [-0.3, -0.25) is 15.1 Å². The van der Waals surface area contributed by atoms with E-state index < -0.39 is 12.0 Å². The van der Waals surface area contributed by atoms with Crippen LogP contribution in [0, 0.1) is 0 Å². The number of nitrogens with zero attached hydrogens (tertiary/aromatic N) is 4. The summed E-state index contributed by atoms with van der Waals surface area (Å²) in [4.78, 5) is 28.4. The van der Waals surface area contributed by atoms with Gasteiger partial charge < -0.3 is 4.74 Å². The van der Waals surface area contributed by atoms with E-state index in [0.717, 1.165) is 0 Å². The van der Waals surface area contributed by atoms with E-state index in [0.29, 0.717) is 5.69 Å². The van der Waals surface area contributed by atoms with E-state index >= 15 is 0 Å². The van der Waals surface area contributed by atoms with E-state index in [1.54, 1.807) is 6.92 Å². The lowest BCUT2D eigenvalue weighted by Crippen LogP contribution is -2.39. The summed E-state index contributed by atoms with van der Waals surface area (Å²) in [7, 11) is 0. The number of amides is 1. The van der Waals surface area contributed by atoms with Crippen LogP contribution in [-0.4, -0.2) is 45.4 Å². The highest BCUT2D eigenvalue weighted by atomic mass is 16.5. The fourth-order valence-corrected chi connectivity index (χ4v) is 2.34. The Balaban J connectivity index is 1.84. The maximum absolute atomic E-state index is 12.6. The highest BCUT2D eigenvalue weighted by molar-refractivity contribution is 6.38. The van der Waals surface area contributed by atoms with E-state index in [9.17, 15) is 9.59 Å². The second-order valence-electron chi connectivity index (χ2n) is 4.99. The molecule has 0 saturated carbocycles. The van der Waals surface area contributed by atoms with Crippen molar-refractivity contribution in [1.29, 1.82) is 0 Å². The number of hydrazone groups is 1. The van der Waals surface area contributed by atoms with Crippen LogP contribution in [0.15, 0.2) is 41.8 Å². The molecule has 24 heavy (non-hydrogen) atoms. The van der Waals surface area contributed by atoms with Gasteiger partial charge in [0.25, 0.3) is 5.91 Å². The highest BCUT2D eigenvalue weighted by Gasteiger charge is 2.37. The number of aromatic amines is 1. The largest absolute Gasteiger partial charge is 0.461 e. The van der Waals surface area contributed by atoms with Crippen LogP contribution in [0.5, 0.6) is 0 Å². The molecule has 0 bridgehead atoms. The normalized spacial score (nSPS) is 16.6. The van der Waals surface area contributed by atoms with Gasteiger partial charge in [0.15, 0.2) is 0 Å². The number of H-pyrrole nitrogens is 1. The Hall–Kier alpha value is -3.23. The first-order chi connectivity index (χ1) is 11.7. The van der Waals surface area contributed by atoms with E-state index in [1.807, 2.05) is 30.3 Å². The summed E-state index contributed by atoms with van der Waals surface area (Å²) < 4.78 is 4.99. The van der Waals surface area contributed by atoms with Crippen LogP contribution in [0.25, 0.3) is 0 Å². The molecule has 1 aromatic heterocycles. The monoisotopic (exact) mass is 328 g/mol. The van der Waals surface area contributed by atoms with Gasteiger partial charge in [0.05, 0.1) is 12.3 Å². The number of anilines is 2. The van der Waals surface area contributed by atoms with Gasteiger partial charge in [-0.25, -0.2) is 9.89 Å². The average Bonchev–Trinajstić information content (AvgIpc) is 3.25. The summed E-state index contributed by atoms with van der Waals surface area (Å²) >= 11 is 0. The fraction of sp³-hybridized carbons (Fsp3) is 0.267. The summed E-state index contributed by atoms with van der Waals surface area (Å²) in [5.74, 6) is -0.635. The molecule has 0 unspecified atom stereocenters. The lowest BCUT2D eigenvalue weighted by atomic mass is 10.1. The Morgan fingerprint density at radius 2 is 2.17 bits per heavy atom. The Morgan fingerprint density at radius 1 is 1.38 bits per heavy atom. The summed E-state index contributed by atoms with van der Waals surface area (Å²) in [5, 5.41) is 14.6. The SMILES string of the molecule is CCOC(=O)C1=NN(c2ccccc2)[C@@H](C(=O)Nc2ncn[nH]2)C1. The van der Waals surface area contributed by atoms with Gasteiger partial charge in [-0.1, -0.05) is 18.2 Å². The molecule has 1 aliphatic heterocycles. The van der Waals surface area contributed by atoms with Crippen LogP contribution in [-0.2, 0) is 14.3 Å². The van der Waals surface area contributed by atoms with Crippen molar-refractivity contribution in [3.05, 3.63) is 36.7 Å². The lowest BCUT2D eigenvalue weighted by molar-refractivity contribution is -0.135. The summed E-state index contributed by atoms with van der Waals surface area (Å²) in [6, 6.07) is 8.46. The second-order valence-corrected chi connectivity index (χ2v) is 4.99. The smallest absolute Gasteiger partial charge is 0.354 e. The first kappa shape index (κ1) is 15.7. The summed E-state index contributed by atoms with van der Waals surface area (Å²) in [5.41, 5.74) is 0.910. The molecule has 0 aliphatic carbocycles. The molecular weight excluding hydrogens is 312 g/mol. The summed E-state index contributed by atoms with van der Waals surface area (Å²) in [6.45, 7) is 1.97. The summed E-state index contributed by atoms with van der Waals surface area (Å²) in [6.07, 6.45) is 1.44. The third-order valence-corrected chi connectivity index (χ3v) is 3.40. The fourth-order valence-electron chi connectivity index (χ4n) is 2.34. The van der Waals surface area contributed by atoms with Gasteiger partial charge in [0.2, 0.25) is 5.95 Å². The zero-order valence-electron chi connectivity index (χ0n) is 13.0. The van der Waals surface area contributed by atoms with Crippen LogP contribution in [0.2, 0.25) is 0 Å². The van der Waals surface area contributed by atoms with Gasteiger partial charge in [-0.2, -0.15) is 15.2 Å². The van der Waals surface area contributed by atoms with Crippen molar-refractivity contribution >= 4 is 29.2 Å². The molecule has 1 aromatic carbocycles. The highest BCUT2D eigenvalue weighted by Crippen LogP contribution is 2.25. The van der Waals surface area contributed by atoms with Crippen molar-refractivity contribution in [2.45, 2.75) is 19.4 Å². The number of esters is 1. The average molecular weight is 328 g/mol. The lowest BCUT2D eigenvalue weighted by Gasteiger charge is -2.22. The van der Waals surface area contributed by atoms with Crippen LogP contribution in [0.1, 0.15) is 13.3 Å². The Labute approximate surface area is 137 Å². The van der Waals surface area contributed by atoms with Crippen LogP contribution in [0.3, 0.4) is 0 Å². The number of carbonyl (C=O) groups is 2. The third kappa shape index (κ3) is 3.24. The van der Waals surface area contributed by atoms with Crippen molar-refractivity contribution in [2.24, 2.45) is 5.10 Å². The van der Waals surface area contributed by atoms with Crippen molar-refractivity contribution in [3.8, 4) is 0 Å². The number of aromatic nitrogens is 3. The molecule has 0 radical (unpaired) electrons. The van der Waals surface area contributed by atoms with E-state index in [4.69, 9.17) is 4.74 Å². The predicted molar refractivity (Wildman–Crippen MR) is 86.4 cm³/mol. The number of hydrogen-bond acceptors (Lipinski definition) is 7. The van der Waals surface area contributed by atoms with Crippen molar-refractivity contribution in [2.75, 3.05) is 16.9 Å². The van der Waals surface area contributed by atoms with Gasteiger partial charge in [-0.15, -0.1) is 0 Å². The number of hydrogen-bond donors (Lipinski definition) is 2. The molecule has 0 spiro atoms. The van der Waals surface area contributed by atoms with E-state index in [1.165, 1.54) is 11.3 Å². The maximum Gasteiger partial charge on any atom is 0.354 e. The zero-order valence-corrected chi connectivity index (χ0v) is 13.0. The minimum absolute atomic E-state index is 0.147. The quantitative estimate of drug-likeness (QED) is 0.790. The number of rotatable bonds is 5. The first-order valence-electron chi connectivity index (χ1n) is 7.44. The molecule has 3 rings (SSSR count). The molecule has 2 heterocycles. The molecular formula is C15H16N6O3. The van der Waals surface area contributed by atoms with Gasteiger partial charge in [0, 0.05) is 6.42 Å². The number of para-hydroxylation sites is 1. The molecule has 2 aromatic rings. The molecule has 0 saturated heterocycles. The maximum atomic E-state index is 12.6. The zero-order chi connectivity index (χ0) is 16.9. The van der Waals surface area contributed by atoms with Gasteiger partial charge >= 0.3 is 5.97 Å². The van der Waals surface area contributed by atoms with Crippen LogP contribution >= 0.6 is 0 Å². The standard InChI is InChI=1S/C15H16N6O3/c1-2-24-14(23)11-8-12(13(22)18-15-16-9-17-19-15)21(20-11)10-6-4-3-5-7-10/h3-7,9,12H,2,8H2,1H3,(H2,16,17,18,19,22)/t12-/m1/s1. The molecule has 1 amide bonds. The van der Waals surface area contributed by atoms with E-state index in [-0.39, 0.29) is 30.6 Å². The number of ether oxygens (including phenoxy) is 1.